The Morgan fingerprint density at radius 3 is 2.18 bits per heavy atom. The van der Waals surface area contributed by atoms with Crippen molar-refractivity contribution < 1.29 is 14.7 Å². The Morgan fingerprint density at radius 1 is 1.64 bits per heavy atom. The van der Waals surface area contributed by atoms with Gasteiger partial charge in [0.2, 0.25) is 0 Å². The Hall–Kier alpha value is -1.89. The molecule has 0 amide bonds. The molecule has 0 aromatic heterocycles. The van der Waals surface area contributed by atoms with Crippen LogP contribution in [0.4, 0.5) is 0 Å². The average molecular weight is 153 g/mol. The number of aldehydes is 1. The number of nitrogens with zero attached hydrogens (tertiary/aromatic N) is 1. The summed E-state index contributed by atoms with van der Waals surface area (Å²) in [5.74, 6) is -1.10. The van der Waals surface area contributed by atoms with Gasteiger partial charge in [0.25, 0.3) is 0 Å². The molecule has 0 rings (SSSR count). The largest absolute Gasteiger partial charge is 0.478 e. The van der Waals surface area contributed by atoms with Crippen LogP contribution in [0.15, 0.2) is 24.8 Å². The van der Waals surface area contributed by atoms with E-state index < -0.39 is 5.97 Å². The number of carbonyl (C=O) groups is 2. The predicted molar refractivity (Wildman–Crippen MR) is 38.6 cm³/mol. The maximum atomic E-state index is 9.52. The van der Waals surface area contributed by atoms with E-state index in [1.807, 2.05) is 0 Å². The van der Waals surface area contributed by atoms with Crippen LogP contribution in [0.5, 0.6) is 0 Å². The summed E-state index contributed by atoms with van der Waals surface area (Å²) in [6.07, 6.45) is 3.52. The summed E-state index contributed by atoms with van der Waals surface area (Å²) in [6.45, 7) is 3.11. The van der Waals surface area contributed by atoms with Crippen molar-refractivity contribution in [2.24, 2.45) is 0 Å². The molecule has 0 aliphatic carbocycles. The smallest absolute Gasteiger partial charge is 0.329 e. The summed E-state index contributed by atoms with van der Waals surface area (Å²) < 4.78 is 0. The highest BCUT2D eigenvalue weighted by Gasteiger charge is 1.79. The van der Waals surface area contributed by atoms with Gasteiger partial charge < -0.3 is 5.11 Å². The Balaban J connectivity index is 0. The summed E-state index contributed by atoms with van der Waals surface area (Å²) in [5.41, 5.74) is 0. The highest BCUT2D eigenvalue weighted by Crippen LogP contribution is 1.66. The molecule has 58 valence electrons. The highest BCUT2D eigenvalue weighted by molar-refractivity contribution is 5.80. The van der Waals surface area contributed by atoms with Crippen molar-refractivity contribution in [3.63, 3.8) is 0 Å². The number of carboxylic acids is 1. The summed E-state index contributed by atoms with van der Waals surface area (Å²) in [7, 11) is 0. The van der Waals surface area contributed by atoms with Crippen LogP contribution >= 0.6 is 0 Å². The molecule has 11 heavy (non-hydrogen) atoms. The Kier molecular flexibility index (Phi) is 11.8. The van der Waals surface area contributed by atoms with Crippen LogP contribution in [-0.2, 0) is 9.59 Å². The van der Waals surface area contributed by atoms with Gasteiger partial charge in [0, 0.05) is 12.2 Å². The number of nitriles is 1. The number of hydrogen-bond acceptors (Lipinski definition) is 3. The van der Waals surface area contributed by atoms with Gasteiger partial charge in [-0.3, -0.25) is 4.79 Å². The summed E-state index contributed by atoms with van der Waals surface area (Å²) in [4.78, 5) is 18.6. The van der Waals surface area contributed by atoms with E-state index in [9.17, 15) is 4.79 Å². The molecule has 0 spiro atoms. The zero-order valence-electron chi connectivity index (χ0n) is 5.73. The number of aliphatic carboxylic acids is 1. The normalized spacial score (nSPS) is 7.18. The number of allylic oxidation sites excluding steroid dienone is 2. The van der Waals surface area contributed by atoms with Crippen LogP contribution in [0, 0.1) is 11.3 Å². The zero-order valence-corrected chi connectivity index (χ0v) is 5.73. The molecule has 0 fully saturated rings. The molecule has 1 N–H and O–H groups in total. The maximum absolute atomic E-state index is 9.52. The van der Waals surface area contributed by atoms with Crippen molar-refractivity contribution in [2.45, 2.75) is 0 Å². The topological polar surface area (TPSA) is 78.2 Å². The fourth-order valence-corrected chi connectivity index (χ4v) is 0.109. The average Bonchev–Trinajstić information content (AvgIpc) is 2.01. The molecule has 0 aromatic rings. The minimum Gasteiger partial charge on any atom is -0.478 e. The van der Waals surface area contributed by atoms with Gasteiger partial charge in [0.1, 0.15) is 6.29 Å². The van der Waals surface area contributed by atoms with Crippen LogP contribution in [0.1, 0.15) is 0 Å². The summed E-state index contributed by atoms with van der Waals surface area (Å²) in [6, 6.07) is 1.54. The predicted octanol–water partition coefficient (Wildman–Crippen LogP) is 0.522. The van der Waals surface area contributed by atoms with E-state index in [0.717, 1.165) is 12.2 Å². The zero-order chi connectivity index (χ0) is 9.11. The maximum Gasteiger partial charge on any atom is 0.329 e. The molecular formula is C7H7NO3. The minimum atomic E-state index is -1.10. The molecule has 0 atom stereocenters. The summed E-state index contributed by atoms with van der Waals surface area (Å²) in [5, 5.41) is 15.5. The first-order valence-electron chi connectivity index (χ1n) is 2.54. The monoisotopic (exact) mass is 153 g/mol. The molecule has 0 aromatic carbocycles. The Bertz CT molecular complexity index is 194. The van der Waals surface area contributed by atoms with Crippen LogP contribution in [0.2, 0.25) is 0 Å². The molecule has 4 heteroatoms. The van der Waals surface area contributed by atoms with Gasteiger partial charge in [0.15, 0.2) is 0 Å². The third kappa shape index (κ3) is 31.3. The molecule has 0 saturated carbocycles. The van der Waals surface area contributed by atoms with Gasteiger partial charge in [-0.1, -0.05) is 6.58 Å². The number of hydrogen-bond donors (Lipinski definition) is 1. The van der Waals surface area contributed by atoms with Crippen molar-refractivity contribution >= 4 is 12.3 Å². The van der Waals surface area contributed by atoms with E-state index in [4.69, 9.17) is 15.2 Å². The Labute approximate surface area is 64.1 Å². The lowest BCUT2D eigenvalue weighted by molar-refractivity contribution is -0.131. The molecule has 4 nitrogen and oxygen atoms in total. The van der Waals surface area contributed by atoms with E-state index in [1.165, 1.54) is 12.1 Å². The van der Waals surface area contributed by atoms with E-state index in [-0.39, 0.29) is 0 Å². The third-order valence-corrected chi connectivity index (χ3v) is 0.397. The van der Waals surface area contributed by atoms with E-state index >= 15 is 0 Å². The van der Waals surface area contributed by atoms with Gasteiger partial charge in [0.05, 0.1) is 6.07 Å². The van der Waals surface area contributed by atoms with Gasteiger partial charge in [-0.15, -0.1) is 0 Å². The van der Waals surface area contributed by atoms with Crippen LogP contribution in [0.25, 0.3) is 0 Å². The molecule has 0 aliphatic rings. The van der Waals surface area contributed by atoms with Gasteiger partial charge in [-0.25, -0.2) is 4.79 Å². The first-order valence-corrected chi connectivity index (χ1v) is 2.54. The standard InChI is InChI=1S/C4H3NO2.C3H4O/c5-3-1-2-4(6)7;1-2-3-4/h1-2H,(H,6,7);2-3H,1H2. The number of rotatable bonds is 2. The highest BCUT2D eigenvalue weighted by atomic mass is 16.4. The fraction of sp³-hybridized carbons (Fsp3) is 0. The molecule has 0 heterocycles. The van der Waals surface area contributed by atoms with Gasteiger partial charge in [-0.05, 0) is 6.08 Å². The third-order valence-electron chi connectivity index (χ3n) is 0.397. The number of carbonyl (C=O) groups excluding carboxylic acids is 1. The molecule has 0 saturated heterocycles. The van der Waals surface area contributed by atoms with Crippen molar-refractivity contribution in [2.75, 3.05) is 0 Å². The van der Waals surface area contributed by atoms with Gasteiger partial charge >= 0.3 is 5.97 Å². The molecule has 0 bridgehead atoms. The van der Waals surface area contributed by atoms with E-state index in [0.29, 0.717) is 6.29 Å². The molecule has 0 unspecified atom stereocenters. The van der Waals surface area contributed by atoms with Crippen molar-refractivity contribution in [1.82, 2.24) is 0 Å². The second-order valence-corrected chi connectivity index (χ2v) is 1.17. The molecule has 0 aliphatic heterocycles. The van der Waals surface area contributed by atoms with E-state index in [1.54, 1.807) is 0 Å². The van der Waals surface area contributed by atoms with Crippen LogP contribution in [0.3, 0.4) is 0 Å². The quantitative estimate of drug-likeness (QED) is 0.356. The van der Waals surface area contributed by atoms with Gasteiger partial charge in [-0.2, -0.15) is 5.26 Å². The molecule has 0 radical (unpaired) electrons. The van der Waals surface area contributed by atoms with Crippen molar-refractivity contribution in [3.05, 3.63) is 24.8 Å². The van der Waals surface area contributed by atoms with E-state index in [2.05, 4.69) is 6.58 Å². The van der Waals surface area contributed by atoms with Crippen LogP contribution in [-0.4, -0.2) is 17.4 Å². The van der Waals surface area contributed by atoms with Crippen LogP contribution < -0.4 is 0 Å². The summed E-state index contributed by atoms with van der Waals surface area (Å²) >= 11 is 0. The fourth-order valence-electron chi connectivity index (χ4n) is 0.109. The lowest BCUT2D eigenvalue weighted by Crippen LogP contribution is -1.83. The first kappa shape index (κ1) is 11.9. The first-order chi connectivity index (χ1) is 5.18. The minimum absolute atomic E-state index is 0.639. The second kappa shape index (κ2) is 11.0. The lowest BCUT2D eigenvalue weighted by Gasteiger charge is -1.67. The Morgan fingerprint density at radius 2 is 2.09 bits per heavy atom. The SMILES string of the molecule is C=CC=O.N#CC=CC(=O)O. The van der Waals surface area contributed by atoms with Crippen molar-refractivity contribution in [3.8, 4) is 6.07 Å². The molecular weight excluding hydrogens is 146 g/mol. The number of carboxylic acid groups (broad SMARTS) is 1. The van der Waals surface area contributed by atoms with Crippen molar-refractivity contribution in [1.29, 1.82) is 5.26 Å². The lowest BCUT2D eigenvalue weighted by atomic mass is 10.5. The second-order valence-electron chi connectivity index (χ2n) is 1.17.